The number of hydrogen-bond acceptors (Lipinski definition) is 4. The van der Waals surface area contributed by atoms with Crippen LogP contribution in [-0.2, 0) is 6.42 Å². The number of piperazine rings is 1. The van der Waals surface area contributed by atoms with Crippen molar-refractivity contribution in [3.63, 3.8) is 0 Å². The summed E-state index contributed by atoms with van der Waals surface area (Å²) in [7, 11) is 0. The topological polar surface area (TPSA) is 32.5 Å². The fraction of sp³-hybridized carbons (Fsp3) is 0.643. The van der Waals surface area contributed by atoms with Crippen molar-refractivity contribution in [3.8, 4) is 0 Å². The summed E-state index contributed by atoms with van der Waals surface area (Å²) in [6.45, 7) is 7.74. The van der Waals surface area contributed by atoms with Crippen LogP contribution in [0, 0.1) is 0 Å². The molecule has 1 saturated heterocycles. The molecular formula is C14H23N3S2. The molecule has 1 aromatic heterocycles. The molecular weight excluding hydrogens is 274 g/mol. The number of rotatable bonds is 6. The van der Waals surface area contributed by atoms with E-state index in [4.69, 9.17) is 18.0 Å². The normalized spacial score (nSPS) is 19.4. The third kappa shape index (κ3) is 4.24. The third-order valence-electron chi connectivity index (χ3n) is 3.86. The Morgan fingerprint density at radius 3 is 2.68 bits per heavy atom. The number of nitrogens with zero attached hydrogens (tertiary/aromatic N) is 2. The summed E-state index contributed by atoms with van der Waals surface area (Å²) in [5, 5.41) is 4.40. The Labute approximate surface area is 125 Å². The number of nitrogens with two attached hydrogens (primary N) is 1. The zero-order chi connectivity index (χ0) is 13.7. The lowest BCUT2D eigenvalue weighted by Crippen LogP contribution is -2.53. The van der Waals surface area contributed by atoms with Crippen molar-refractivity contribution < 1.29 is 0 Å². The molecule has 0 amide bonds. The average Bonchev–Trinajstić information content (AvgIpc) is 2.91. The van der Waals surface area contributed by atoms with Gasteiger partial charge in [-0.05, 0) is 35.2 Å². The molecule has 0 bridgehead atoms. The Balaban J connectivity index is 1.74. The highest BCUT2D eigenvalue weighted by Gasteiger charge is 2.23. The van der Waals surface area contributed by atoms with E-state index >= 15 is 0 Å². The summed E-state index contributed by atoms with van der Waals surface area (Å²) in [4.78, 5) is 5.62. The molecule has 0 spiro atoms. The van der Waals surface area contributed by atoms with Crippen LogP contribution in [0.3, 0.4) is 0 Å². The molecule has 1 aromatic rings. The molecule has 1 aliphatic rings. The zero-order valence-corrected chi connectivity index (χ0v) is 13.2. The molecule has 1 unspecified atom stereocenters. The lowest BCUT2D eigenvalue weighted by atomic mass is 10.1. The Morgan fingerprint density at radius 1 is 1.42 bits per heavy atom. The molecule has 1 fully saturated rings. The Kier molecular flexibility index (Phi) is 5.76. The summed E-state index contributed by atoms with van der Waals surface area (Å²) < 4.78 is 0. The number of hydrogen-bond donors (Lipinski definition) is 1. The SMILES string of the molecule is CCC(C(N)=S)N1CCN(CCc2ccsc2)CC1. The highest BCUT2D eigenvalue weighted by atomic mass is 32.1. The Hall–Kier alpha value is -0.490. The van der Waals surface area contributed by atoms with Gasteiger partial charge in [-0.25, -0.2) is 0 Å². The van der Waals surface area contributed by atoms with Crippen LogP contribution in [0.2, 0.25) is 0 Å². The monoisotopic (exact) mass is 297 g/mol. The maximum absolute atomic E-state index is 5.81. The lowest BCUT2D eigenvalue weighted by molar-refractivity contribution is 0.117. The van der Waals surface area contributed by atoms with Crippen molar-refractivity contribution >= 4 is 28.5 Å². The summed E-state index contributed by atoms with van der Waals surface area (Å²) >= 11 is 6.94. The molecule has 2 N–H and O–H groups in total. The quantitative estimate of drug-likeness (QED) is 0.814. The van der Waals surface area contributed by atoms with Crippen molar-refractivity contribution in [3.05, 3.63) is 22.4 Å². The van der Waals surface area contributed by atoms with Gasteiger partial charge in [0.05, 0.1) is 11.0 Å². The largest absolute Gasteiger partial charge is 0.392 e. The molecule has 1 atom stereocenters. The third-order valence-corrected chi connectivity index (χ3v) is 4.86. The van der Waals surface area contributed by atoms with Crippen LogP contribution in [0.15, 0.2) is 16.8 Å². The van der Waals surface area contributed by atoms with Gasteiger partial charge in [0.2, 0.25) is 0 Å². The van der Waals surface area contributed by atoms with Crippen LogP contribution in [0.1, 0.15) is 18.9 Å². The van der Waals surface area contributed by atoms with Crippen LogP contribution < -0.4 is 5.73 Å². The van der Waals surface area contributed by atoms with Crippen LogP contribution in [-0.4, -0.2) is 53.6 Å². The molecule has 19 heavy (non-hydrogen) atoms. The Morgan fingerprint density at radius 2 is 2.16 bits per heavy atom. The minimum absolute atomic E-state index is 0.286. The molecule has 2 heterocycles. The highest BCUT2D eigenvalue weighted by Crippen LogP contribution is 2.12. The van der Waals surface area contributed by atoms with Gasteiger partial charge in [-0.1, -0.05) is 19.1 Å². The van der Waals surface area contributed by atoms with E-state index in [2.05, 4.69) is 33.6 Å². The van der Waals surface area contributed by atoms with E-state index < -0.39 is 0 Å². The molecule has 0 saturated carbocycles. The predicted molar refractivity (Wildman–Crippen MR) is 86.9 cm³/mol. The highest BCUT2D eigenvalue weighted by molar-refractivity contribution is 7.80. The minimum Gasteiger partial charge on any atom is -0.392 e. The van der Waals surface area contributed by atoms with Crippen LogP contribution >= 0.6 is 23.6 Å². The van der Waals surface area contributed by atoms with E-state index in [1.54, 1.807) is 11.3 Å². The van der Waals surface area contributed by atoms with Gasteiger partial charge in [-0.2, -0.15) is 11.3 Å². The number of thiocarbonyl (C=S) groups is 1. The molecule has 3 nitrogen and oxygen atoms in total. The molecule has 2 rings (SSSR count). The zero-order valence-electron chi connectivity index (χ0n) is 11.5. The molecule has 0 aromatic carbocycles. The van der Waals surface area contributed by atoms with Gasteiger partial charge in [0.25, 0.3) is 0 Å². The van der Waals surface area contributed by atoms with Gasteiger partial charge in [-0.15, -0.1) is 0 Å². The van der Waals surface area contributed by atoms with E-state index in [-0.39, 0.29) is 6.04 Å². The van der Waals surface area contributed by atoms with Crippen LogP contribution in [0.4, 0.5) is 0 Å². The van der Waals surface area contributed by atoms with E-state index in [1.165, 1.54) is 5.56 Å². The van der Waals surface area contributed by atoms with E-state index in [0.29, 0.717) is 4.99 Å². The Bertz CT molecular complexity index is 383. The first-order chi connectivity index (χ1) is 9.20. The standard InChI is InChI=1S/C14H23N3S2/c1-2-13(14(15)18)17-8-6-16(7-9-17)5-3-12-4-10-19-11-12/h4,10-11,13H,2-3,5-9H2,1H3,(H2,15,18). The van der Waals surface area contributed by atoms with Crippen LogP contribution in [0.5, 0.6) is 0 Å². The first-order valence-corrected chi connectivity index (χ1v) is 8.32. The van der Waals surface area contributed by atoms with Crippen molar-refractivity contribution in [2.75, 3.05) is 32.7 Å². The molecule has 1 aliphatic heterocycles. The van der Waals surface area contributed by atoms with E-state index in [0.717, 1.165) is 45.6 Å². The van der Waals surface area contributed by atoms with Gasteiger partial charge in [0, 0.05) is 32.7 Å². The second kappa shape index (κ2) is 7.33. The van der Waals surface area contributed by atoms with E-state index in [1.807, 2.05) is 0 Å². The smallest absolute Gasteiger partial charge is 0.0901 e. The summed E-state index contributed by atoms with van der Waals surface area (Å²) in [6, 6.07) is 2.51. The van der Waals surface area contributed by atoms with Crippen molar-refractivity contribution in [1.82, 2.24) is 9.80 Å². The summed E-state index contributed by atoms with van der Waals surface area (Å²) in [5.74, 6) is 0. The van der Waals surface area contributed by atoms with Gasteiger partial charge in [0.15, 0.2) is 0 Å². The van der Waals surface area contributed by atoms with Gasteiger partial charge in [0.1, 0.15) is 0 Å². The van der Waals surface area contributed by atoms with E-state index in [9.17, 15) is 0 Å². The van der Waals surface area contributed by atoms with Gasteiger partial charge < -0.3 is 10.6 Å². The predicted octanol–water partition coefficient (Wildman–Crippen LogP) is 1.97. The lowest BCUT2D eigenvalue weighted by Gasteiger charge is -2.38. The first kappa shape index (κ1) is 14.9. The molecule has 0 aliphatic carbocycles. The van der Waals surface area contributed by atoms with Crippen molar-refractivity contribution in [2.24, 2.45) is 5.73 Å². The van der Waals surface area contributed by atoms with Crippen LogP contribution in [0.25, 0.3) is 0 Å². The molecule has 5 heteroatoms. The van der Waals surface area contributed by atoms with Gasteiger partial charge in [-0.3, -0.25) is 4.90 Å². The molecule has 106 valence electrons. The summed E-state index contributed by atoms with van der Waals surface area (Å²) in [5.41, 5.74) is 7.27. The molecule has 0 radical (unpaired) electrons. The minimum atomic E-state index is 0.286. The number of thiophene rings is 1. The fourth-order valence-corrected chi connectivity index (χ4v) is 3.68. The van der Waals surface area contributed by atoms with Crippen molar-refractivity contribution in [1.29, 1.82) is 0 Å². The first-order valence-electron chi connectivity index (χ1n) is 6.97. The maximum atomic E-state index is 5.81. The second-order valence-electron chi connectivity index (χ2n) is 5.09. The second-order valence-corrected chi connectivity index (χ2v) is 6.34. The summed E-state index contributed by atoms with van der Waals surface area (Å²) in [6.07, 6.45) is 2.18. The van der Waals surface area contributed by atoms with Crippen molar-refractivity contribution in [2.45, 2.75) is 25.8 Å². The van der Waals surface area contributed by atoms with Gasteiger partial charge >= 0.3 is 0 Å². The fourth-order valence-electron chi connectivity index (χ4n) is 2.66. The average molecular weight is 297 g/mol. The maximum Gasteiger partial charge on any atom is 0.0901 e.